The molecule has 2 fully saturated rings. The number of aromatic amines is 1. The third-order valence-electron chi connectivity index (χ3n) is 6.19. The average Bonchev–Trinajstić information content (AvgIpc) is 3.33. The van der Waals surface area contributed by atoms with Crippen LogP contribution in [0.15, 0.2) is 21.9 Å². The Bertz CT molecular complexity index is 1340. The lowest BCUT2D eigenvalue weighted by Gasteiger charge is -2.30. The lowest BCUT2D eigenvalue weighted by molar-refractivity contribution is -0.156. The fourth-order valence-electron chi connectivity index (χ4n) is 4.52. The van der Waals surface area contributed by atoms with Crippen molar-refractivity contribution in [1.29, 1.82) is 0 Å². The van der Waals surface area contributed by atoms with E-state index in [0.717, 1.165) is 16.8 Å². The molecule has 2 aliphatic rings. The summed E-state index contributed by atoms with van der Waals surface area (Å²) in [6.45, 7) is 7.08. The molecule has 2 saturated heterocycles. The highest BCUT2D eigenvalue weighted by Crippen LogP contribution is 2.32. The minimum absolute atomic E-state index is 0.516. The number of hydrogen-bond donors (Lipinski definition) is 7. The highest BCUT2D eigenvalue weighted by Gasteiger charge is 2.53. The van der Waals surface area contributed by atoms with Crippen molar-refractivity contribution >= 4 is 24.1 Å². The fraction of sp³-hybridized carbons (Fsp3) is 0.667. The van der Waals surface area contributed by atoms with Crippen molar-refractivity contribution < 1.29 is 58.2 Å². The topological polar surface area (TPSA) is 280 Å². The van der Waals surface area contributed by atoms with Crippen molar-refractivity contribution in [2.45, 2.75) is 94.8 Å². The predicted molar refractivity (Wildman–Crippen MR) is 139 cm³/mol. The minimum Gasteiger partial charge on any atom is -0.480 e. The molecule has 0 bridgehead atoms. The number of carbonyl (C=O) groups excluding carboxylic acids is 3. The van der Waals surface area contributed by atoms with Gasteiger partial charge in [0.05, 0.1) is 0 Å². The predicted octanol–water partition coefficient (Wildman–Crippen LogP) is -2.77. The van der Waals surface area contributed by atoms with Crippen molar-refractivity contribution in [1.82, 2.24) is 20.2 Å². The maximum absolute atomic E-state index is 13.6. The molecule has 1 aromatic heterocycles. The number of aliphatic hydroxyl groups is 2. The molecule has 3 heterocycles. The molecule has 240 valence electrons. The summed E-state index contributed by atoms with van der Waals surface area (Å²) >= 11 is 0. The number of carboxylic acids is 1. The number of carbonyl (C=O) groups is 4. The van der Waals surface area contributed by atoms with Gasteiger partial charge in [0, 0.05) is 12.3 Å². The number of ether oxygens (including phenoxy) is 5. The van der Waals surface area contributed by atoms with Crippen LogP contribution in [0.5, 0.6) is 0 Å². The number of nitrogens with zero attached hydrogens (tertiary/aromatic N) is 1. The number of nitrogens with two attached hydrogens (primary N) is 1. The zero-order valence-electron chi connectivity index (χ0n) is 23.8. The van der Waals surface area contributed by atoms with Crippen molar-refractivity contribution in [3.8, 4) is 0 Å². The summed E-state index contributed by atoms with van der Waals surface area (Å²) in [6.07, 6.45) is -11.2. The molecule has 3 amide bonds. The zero-order valence-corrected chi connectivity index (χ0v) is 23.8. The quantitative estimate of drug-likeness (QED) is 0.148. The van der Waals surface area contributed by atoms with Crippen LogP contribution in [0.4, 0.5) is 9.59 Å². The third kappa shape index (κ3) is 8.29. The number of rotatable bonds is 9. The van der Waals surface area contributed by atoms with E-state index in [9.17, 15) is 44.1 Å². The van der Waals surface area contributed by atoms with Crippen LogP contribution >= 0.6 is 0 Å². The van der Waals surface area contributed by atoms with Gasteiger partial charge in [0.25, 0.3) is 5.56 Å². The smallest absolute Gasteiger partial charge is 0.408 e. The molecule has 0 spiro atoms. The van der Waals surface area contributed by atoms with Crippen LogP contribution in [0, 0.1) is 0 Å². The highest BCUT2D eigenvalue weighted by molar-refractivity contribution is 5.90. The Morgan fingerprint density at radius 1 is 1.09 bits per heavy atom. The number of primary amides is 1. The van der Waals surface area contributed by atoms with Gasteiger partial charge in [0.1, 0.15) is 48.8 Å². The lowest BCUT2D eigenvalue weighted by Crippen LogP contribution is -2.62. The maximum atomic E-state index is 13.6. The van der Waals surface area contributed by atoms with Crippen LogP contribution in [0.2, 0.25) is 0 Å². The van der Waals surface area contributed by atoms with Crippen molar-refractivity contribution in [2.24, 2.45) is 5.73 Å². The normalized spacial score (nSPS) is 28.0. The Kier molecular flexibility index (Phi) is 9.86. The van der Waals surface area contributed by atoms with E-state index in [-0.39, 0.29) is 0 Å². The Labute approximate surface area is 243 Å². The Morgan fingerprint density at radius 3 is 2.30 bits per heavy atom. The molecule has 0 aromatic carbocycles. The van der Waals surface area contributed by atoms with Crippen LogP contribution in [-0.4, -0.2) is 110 Å². The van der Waals surface area contributed by atoms with Crippen LogP contribution < -0.4 is 27.6 Å². The summed E-state index contributed by atoms with van der Waals surface area (Å²) in [5, 5.41) is 35.6. The number of aliphatic hydroxyl groups excluding tert-OH is 2. The first kappa shape index (κ1) is 33.5. The Hall–Kier alpha value is -4.04. The van der Waals surface area contributed by atoms with Gasteiger partial charge in [-0.05, 0) is 34.6 Å². The average molecular weight is 618 g/mol. The van der Waals surface area contributed by atoms with E-state index in [1.807, 2.05) is 4.98 Å². The van der Waals surface area contributed by atoms with E-state index in [4.69, 9.17) is 29.4 Å². The van der Waals surface area contributed by atoms with E-state index >= 15 is 0 Å². The number of aromatic nitrogens is 2. The molecule has 0 radical (unpaired) electrons. The molecule has 0 aliphatic carbocycles. The molecule has 43 heavy (non-hydrogen) atoms. The molecular weight excluding hydrogens is 582 g/mol. The summed E-state index contributed by atoms with van der Waals surface area (Å²) in [7, 11) is 0. The standard InChI is InChI=1S/C24H35N5O14/c1-23(2,3)43-22(38)28-11(15-9(8-39-20(25)36)41-24(4,5)42-15)17(33)27-12(19(34)35)16-13(31)14(32)18(40-16)29-7-6-10(30)26-21(29)37/h6-7,9,11-16,18,31-32H,8H2,1-5H3,(H2,25,36)(H,27,33)(H,28,38)(H,34,35)(H,26,30,37)/t9-,11-,12-,13-,14+,15+,16+,18+/m0/s1. The van der Waals surface area contributed by atoms with Gasteiger partial charge < -0.3 is 55.4 Å². The van der Waals surface area contributed by atoms with E-state index in [1.165, 1.54) is 13.8 Å². The van der Waals surface area contributed by atoms with Gasteiger partial charge in [0.2, 0.25) is 5.91 Å². The minimum atomic E-state index is -2.07. The molecule has 19 heteroatoms. The van der Waals surface area contributed by atoms with Crippen molar-refractivity contribution in [3.63, 3.8) is 0 Å². The van der Waals surface area contributed by atoms with Gasteiger partial charge in [-0.3, -0.25) is 19.1 Å². The van der Waals surface area contributed by atoms with Crippen LogP contribution in [0.1, 0.15) is 40.8 Å². The second-order valence-electron chi connectivity index (χ2n) is 11.2. The SMILES string of the molecule is CC(C)(C)OC(=O)N[C@H](C(=O)N[C@H](C(=O)O)[C@H]1O[C@@H](n2ccc(=O)[nH]c2=O)[C@H](O)[C@@H]1O)[C@@H]1OC(C)(C)O[C@H]1COC(N)=O. The monoisotopic (exact) mass is 617 g/mol. The third-order valence-corrected chi connectivity index (χ3v) is 6.19. The number of carboxylic acid groups (broad SMARTS) is 1. The van der Waals surface area contributed by atoms with Crippen molar-refractivity contribution in [2.75, 3.05) is 6.61 Å². The fourth-order valence-corrected chi connectivity index (χ4v) is 4.52. The zero-order chi connectivity index (χ0) is 32.4. The van der Waals surface area contributed by atoms with Gasteiger partial charge in [-0.25, -0.2) is 19.2 Å². The van der Waals surface area contributed by atoms with Crippen LogP contribution in [0.25, 0.3) is 0 Å². The van der Waals surface area contributed by atoms with E-state index in [1.54, 1.807) is 20.8 Å². The molecule has 19 nitrogen and oxygen atoms in total. The van der Waals surface area contributed by atoms with E-state index < -0.39 is 102 Å². The molecule has 2 aliphatic heterocycles. The summed E-state index contributed by atoms with van der Waals surface area (Å²) < 4.78 is 27.7. The van der Waals surface area contributed by atoms with E-state index in [0.29, 0.717) is 0 Å². The number of hydrogen-bond acceptors (Lipinski definition) is 13. The number of nitrogens with one attached hydrogen (secondary N) is 3. The summed E-state index contributed by atoms with van der Waals surface area (Å²) in [5.74, 6) is -4.29. The molecule has 0 unspecified atom stereocenters. The second-order valence-corrected chi connectivity index (χ2v) is 11.2. The van der Waals surface area contributed by atoms with Crippen molar-refractivity contribution in [3.05, 3.63) is 33.1 Å². The second kappa shape index (κ2) is 12.7. The molecule has 8 atom stereocenters. The molecule has 3 rings (SSSR count). The van der Waals surface area contributed by atoms with Gasteiger partial charge in [-0.15, -0.1) is 0 Å². The highest BCUT2D eigenvalue weighted by atomic mass is 16.8. The number of alkyl carbamates (subject to hydrolysis) is 1. The molecule has 8 N–H and O–H groups in total. The maximum Gasteiger partial charge on any atom is 0.408 e. The molecule has 1 aromatic rings. The largest absolute Gasteiger partial charge is 0.480 e. The number of amides is 3. The first-order chi connectivity index (χ1) is 19.8. The number of H-pyrrole nitrogens is 1. The van der Waals surface area contributed by atoms with Gasteiger partial charge in [-0.1, -0.05) is 0 Å². The molecular formula is C24H35N5O14. The lowest BCUT2D eigenvalue weighted by atomic mass is 10.0. The van der Waals surface area contributed by atoms with Crippen LogP contribution in [0.3, 0.4) is 0 Å². The van der Waals surface area contributed by atoms with Crippen LogP contribution in [-0.2, 0) is 33.3 Å². The van der Waals surface area contributed by atoms with Gasteiger partial charge in [0.15, 0.2) is 18.1 Å². The Balaban J connectivity index is 1.92. The van der Waals surface area contributed by atoms with E-state index in [2.05, 4.69) is 10.6 Å². The first-order valence-electron chi connectivity index (χ1n) is 12.9. The number of aliphatic carboxylic acids is 1. The summed E-state index contributed by atoms with van der Waals surface area (Å²) in [6, 6.07) is -2.88. The Morgan fingerprint density at radius 2 is 1.74 bits per heavy atom. The van der Waals surface area contributed by atoms with Gasteiger partial charge >= 0.3 is 23.8 Å². The summed E-state index contributed by atoms with van der Waals surface area (Å²) in [4.78, 5) is 75.4. The van der Waals surface area contributed by atoms with Gasteiger partial charge in [-0.2, -0.15) is 0 Å². The first-order valence-corrected chi connectivity index (χ1v) is 12.9. The summed E-state index contributed by atoms with van der Waals surface area (Å²) in [5.41, 5.74) is 2.25. The molecule has 0 saturated carbocycles.